The van der Waals surface area contributed by atoms with Crippen molar-refractivity contribution in [1.82, 2.24) is 20.2 Å². The van der Waals surface area contributed by atoms with Crippen molar-refractivity contribution >= 4 is 29.2 Å². The highest BCUT2D eigenvalue weighted by Gasteiger charge is 2.33. The predicted molar refractivity (Wildman–Crippen MR) is 113 cm³/mol. The van der Waals surface area contributed by atoms with Gasteiger partial charge < -0.3 is 15.0 Å². The zero-order chi connectivity index (χ0) is 22.7. The lowest BCUT2D eigenvalue weighted by atomic mass is 9.98. The van der Waals surface area contributed by atoms with Gasteiger partial charge in [-0.1, -0.05) is 6.08 Å². The minimum Gasteiger partial charge on any atom is -0.442 e. The maximum Gasteiger partial charge on any atom is 0.414 e. The lowest BCUT2D eigenvalue weighted by molar-refractivity contribution is -0.119. The molecule has 10 heteroatoms. The Kier molecular flexibility index (Phi) is 6.11. The summed E-state index contributed by atoms with van der Waals surface area (Å²) in [7, 11) is 0. The summed E-state index contributed by atoms with van der Waals surface area (Å²) in [5.74, 6) is -0.890. The fourth-order valence-electron chi connectivity index (χ4n) is 3.70. The molecule has 0 bridgehead atoms. The van der Waals surface area contributed by atoms with Crippen LogP contribution >= 0.6 is 0 Å². The van der Waals surface area contributed by atoms with Gasteiger partial charge >= 0.3 is 6.09 Å². The van der Waals surface area contributed by atoms with Crippen molar-refractivity contribution in [1.29, 1.82) is 0 Å². The summed E-state index contributed by atoms with van der Waals surface area (Å²) < 4.78 is 20.1. The third kappa shape index (κ3) is 4.58. The van der Waals surface area contributed by atoms with Crippen LogP contribution < -0.4 is 10.2 Å². The predicted octanol–water partition coefficient (Wildman–Crippen LogP) is 2.01. The number of rotatable bonds is 5. The molecule has 0 aliphatic carbocycles. The van der Waals surface area contributed by atoms with Crippen molar-refractivity contribution in [3.05, 3.63) is 59.9 Å². The number of aromatic nitrogens is 2. The molecule has 9 nitrogen and oxygen atoms in total. The number of nitrogens with zero attached hydrogens (tertiary/aromatic N) is 4. The molecule has 166 valence electrons. The monoisotopic (exact) mass is 439 g/mol. The zero-order valence-corrected chi connectivity index (χ0v) is 17.5. The van der Waals surface area contributed by atoms with E-state index < -0.39 is 18.0 Å². The van der Waals surface area contributed by atoms with Gasteiger partial charge in [0.15, 0.2) is 0 Å². The van der Waals surface area contributed by atoms with Gasteiger partial charge in [-0.25, -0.2) is 14.2 Å². The van der Waals surface area contributed by atoms with E-state index in [0.717, 1.165) is 5.57 Å². The number of ether oxygens (including phenoxy) is 1. The summed E-state index contributed by atoms with van der Waals surface area (Å²) in [6.45, 7) is 2.59. The van der Waals surface area contributed by atoms with Crippen LogP contribution in [0.1, 0.15) is 29.4 Å². The molecule has 0 radical (unpaired) electrons. The molecule has 0 unspecified atom stereocenters. The molecule has 3 amide bonds. The van der Waals surface area contributed by atoms with Gasteiger partial charge in [-0.15, -0.1) is 0 Å². The van der Waals surface area contributed by atoms with Gasteiger partial charge in [0.05, 0.1) is 25.0 Å². The number of hydrogen-bond acceptors (Lipinski definition) is 6. The number of nitrogens with one attached hydrogen (secondary N) is 1. The summed E-state index contributed by atoms with van der Waals surface area (Å²) in [6.07, 6.45) is 5.63. The van der Waals surface area contributed by atoms with Crippen LogP contribution in [0, 0.1) is 5.82 Å². The van der Waals surface area contributed by atoms with Crippen LogP contribution in [0.2, 0.25) is 0 Å². The Hall–Kier alpha value is -3.82. The van der Waals surface area contributed by atoms with E-state index in [-0.39, 0.29) is 30.6 Å². The van der Waals surface area contributed by atoms with E-state index >= 15 is 0 Å². The Bertz CT molecular complexity index is 1080. The molecule has 0 saturated carbocycles. The second kappa shape index (κ2) is 9.13. The minimum atomic E-state index is -0.581. The number of anilines is 1. The molecule has 1 atom stereocenters. The van der Waals surface area contributed by atoms with E-state index in [1.54, 1.807) is 17.0 Å². The quantitative estimate of drug-likeness (QED) is 0.764. The Balaban J connectivity index is 1.43. The molecule has 1 saturated heterocycles. The van der Waals surface area contributed by atoms with Gasteiger partial charge in [-0.05, 0) is 30.2 Å². The summed E-state index contributed by atoms with van der Waals surface area (Å²) in [4.78, 5) is 46.6. The van der Waals surface area contributed by atoms with Crippen LogP contribution in [0.4, 0.5) is 14.9 Å². The minimum absolute atomic E-state index is 0.203. The van der Waals surface area contributed by atoms with Crippen LogP contribution in [0.25, 0.3) is 5.57 Å². The summed E-state index contributed by atoms with van der Waals surface area (Å²) in [6, 6.07) is 4.60. The van der Waals surface area contributed by atoms with Crippen LogP contribution in [0.5, 0.6) is 0 Å². The number of cyclic esters (lactones) is 1. The molecule has 1 aromatic heterocycles. The molecule has 2 aliphatic heterocycles. The first-order chi connectivity index (χ1) is 15.4. The van der Waals surface area contributed by atoms with Crippen LogP contribution in [-0.2, 0) is 9.53 Å². The smallest absolute Gasteiger partial charge is 0.414 e. The van der Waals surface area contributed by atoms with E-state index in [1.807, 2.05) is 6.08 Å². The number of benzene rings is 1. The number of amides is 3. The summed E-state index contributed by atoms with van der Waals surface area (Å²) in [5, 5.41) is 2.61. The first-order valence-electron chi connectivity index (χ1n) is 10.2. The Labute approximate surface area is 183 Å². The fraction of sp³-hybridized carbons (Fsp3) is 0.318. The van der Waals surface area contributed by atoms with Crippen LogP contribution in [0.3, 0.4) is 0 Å². The van der Waals surface area contributed by atoms with E-state index in [2.05, 4.69) is 15.3 Å². The zero-order valence-electron chi connectivity index (χ0n) is 17.5. The number of carbonyl (C=O) groups excluding carboxylic acids is 3. The Morgan fingerprint density at radius 1 is 1.31 bits per heavy atom. The lowest BCUT2D eigenvalue weighted by Crippen LogP contribution is -2.35. The maximum absolute atomic E-state index is 14.9. The van der Waals surface area contributed by atoms with E-state index in [0.29, 0.717) is 30.8 Å². The largest absolute Gasteiger partial charge is 0.442 e. The van der Waals surface area contributed by atoms with Gasteiger partial charge in [0.1, 0.15) is 17.6 Å². The first kappa shape index (κ1) is 21.4. The molecule has 0 spiro atoms. The first-order valence-corrected chi connectivity index (χ1v) is 10.2. The van der Waals surface area contributed by atoms with E-state index in [1.165, 1.54) is 36.5 Å². The SMILES string of the molecule is CC(=O)NC[C@H]1CN(c2ccc(C3=CCN(C(=O)c4cnccn4)CC3)c(F)c2)C(=O)O1. The third-order valence-electron chi connectivity index (χ3n) is 5.34. The molecule has 3 heterocycles. The van der Waals surface area contributed by atoms with Crippen molar-refractivity contribution < 1.29 is 23.5 Å². The number of halogens is 1. The van der Waals surface area contributed by atoms with E-state index in [9.17, 15) is 18.8 Å². The molecule has 1 fully saturated rings. The Morgan fingerprint density at radius 2 is 2.16 bits per heavy atom. The molecular weight excluding hydrogens is 417 g/mol. The second-order valence-corrected chi connectivity index (χ2v) is 7.54. The average Bonchev–Trinajstić information content (AvgIpc) is 3.18. The summed E-state index contributed by atoms with van der Waals surface area (Å²) >= 11 is 0. The Morgan fingerprint density at radius 3 is 2.81 bits per heavy atom. The van der Waals surface area contributed by atoms with Crippen molar-refractivity contribution in [2.24, 2.45) is 0 Å². The average molecular weight is 439 g/mol. The van der Waals surface area contributed by atoms with Gasteiger partial charge in [-0.2, -0.15) is 0 Å². The molecule has 4 rings (SSSR count). The van der Waals surface area contributed by atoms with Gasteiger partial charge in [0.25, 0.3) is 5.91 Å². The topological polar surface area (TPSA) is 105 Å². The van der Waals surface area contributed by atoms with Crippen LogP contribution in [-0.4, -0.2) is 65.1 Å². The highest BCUT2D eigenvalue weighted by atomic mass is 19.1. The summed E-state index contributed by atoms with van der Waals surface area (Å²) in [5.41, 5.74) is 1.89. The standard InChI is InChI=1S/C22H22FN5O4/c1-14(29)26-11-17-13-28(22(31)32-17)16-2-3-18(19(23)10-16)15-4-8-27(9-5-15)21(30)20-12-24-6-7-25-20/h2-4,6-7,10,12,17H,5,8-9,11,13H2,1H3,(H,26,29)/t17-/m0/s1. The highest BCUT2D eigenvalue weighted by Crippen LogP contribution is 2.30. The molecule has 1 aromatic carbocycles. The van der Waals surface area contributed by atoms with Gasteiger partial charge in [0, 0.05) is 38.0 Å². The molecule has 1 N–H and O–H groups in total. The van der Waals surface area contributed by atoms with Gasteiger partial charge in [0.2, 0.25) is 5.91 Å². The normalized spacial score (nSPS) is 18.2. The fourth-order valence-corrected chi connectivity index (χ4v) is 3.70. The van der Waals surface area contributed by atoms with Crippen molar-refractivity contribution in [2.75, 3.05) is 31.1 Å². The maximum atomic E-state index is 14.9. The molecular formula is C22H22FN5O4. The van der Waals surface area contributed by atoms with Crippen molar-refractivity contribution in [3.63, 3.8) is 0 Å². The van der Waals surface area contributed by atoms with Crippen molar-refractivity contribution in [2.45, 2.75) is 19.4 Å². The van der Waals surface area contributed by atoms with Crippen molar-refractivity contribution in [3.8, 4) is 0 Å². The highest BCUT2D eigenvalue weighted by molar-refractivity contribution is 5.93. The third-order valence-corrected chi connectivity index (χ3v) is 5.34. The molecule has 2 aliphatic rings. The molecule has 2 aromatic rings. The van der Waals surface area contributed by atoms with Crippen LogP contribution in [0.15, 0.2) is 42.9 Å². The van der Waals surface area contributed by atoms with Gasteiger partial charge in [-0.3, -0.25) is 19.5 Å². The second-order valence-electron chi connectivity index (χ2n) is 7.54. The number of carbonyl (C=O) groups is 3. The lowest BCUT2D eigenvalue weighted by Gasteiger charge is -2.26. The molecule has 32 heavy (non-hydrogen) atoms. The van der Waals surface area contributed by atoms with E-state index in [4.69, 9.17) is 4.74 Å². The number of hydrogen-bond donors (Lipinski definition) is 1.